The summed E-state index contributed by atoms with van der Waals surface area (Å²) in [5.74, 6) is -0.728. The van der Waals surface area contributed by atoms with E-state index in [1.165, 1.54) is 27.7 Å². The standard InChI is InChI=1S/C32H39F3N8O5S2/c1-5-8-36-31(46)39-27-16-21(29-38-26(19-49-29)32(33,34)35)23(17-37-27)20-6-7-25-22(15-20)28(44)24(18-42(25)10-9-40(2)3)30(45)41-11-13-43(14-12-41)50(4,47)48/h6-7,15-18,26H,5,8-14,19H2,1-4H3,(H2,36,37,39,46). The maximum absolute atomic E-state index is 14.1. The molecule has 1 aromatic carbocycles. The number of nitrogens with one attached hydrogen (secondary N) is 2. The highest BCUT2D eigenvalue weighted by Crippen LogP contribution is 2.37. The van der Waals surface area contributed by atoms with E-state index in [1.54, 1.807) is 18.2 Å². The molecule has 18 heteroatoms. The number of halogens is 3. The van der Waals surface area contributed by atoms with E-state index >= 15 is 0 Å². The minimum atomic E-state index is -4.54. The van der Waals surface area contributed by atoms with E-state index in [-0.39, 0.29) is 53.7 Å². The monoisotopic (exact) mass is 736 g/mol. The van der Waals surface area contributed by atoms with Crippen LogP contribution in [0.15, 0.2) is 46.4 Å². The van der Waals surface area contributed by atoms with Gasteiger partial charge in [-0.25, -0.2) is 18.2 Å². The van der Waals surface area contributed by atoms with E-state index in [0.29, 0.717) is 48.3 Å². The first-order valence-electron chi connectivity index (χ1n) is 16.0. The molecule has 0 spiro atoms. The molecule has 0 aliphatic carbocycles. The summed E-state index contributed by atoms with van der Waals surface area (Å²) in [5.41, 5.74) is 1.05. The van der Waals surface area contributed by atoms with Gasteiger partial charge in [-0.1, -0.05) is 13.0 Å². The fourth-order valence-corrected chi connectivity index (χ4v) is 7.55. The smallest absolute Gasteiger partial charge is 0.345 e. The Morgan fingerprint density at radius 3 is 2.44 bits per heavy atom. The van der Waals surface area contributed by atoms with Crippen molar-refractivity contribution >= 4 is 55.5 Å². The van der Waals surface area contributed by atoms with Crippen molar-refractivity contribution < 1.29 is 31.2 Å². The molecule has 1 unspecified atom stereocenters. The molecule has 270 valence electrons. The number of anilines is 1. The van der Waals surface area contributed by atoms with Crippen molar-refractivity contribution in [3.05, 3.63) is 58.0 Å². The van der Waals surface area contributed by atoms with Crippen molar-refractivity contribution in [2.75, 3.05) is 70.7 Å². The van der Waals surface area contributed by atoms with Gasteiger partial charge >= 0.3 is 12.2 Å². The van der Waals surface area contributed by atoms with Crippen molar-refractivity contribution in [1.29, 1.82) is 0 Å². The fraction of sp³-hybridized carbons (Fsp3) is 0.469. The predicted octanol–water partition coefficient (Wildman–Crippen LogP) is 3.30. The van der Waals surface area contributed by atoms with Gasteiger partial charge in [0.1, 0.15) is 11.4 Å². The molecule has 5 rings (SSSR count). The summed E-state index contributed by atoms with van der Waals surface area (Å²) >= 11 is 0.935. The molecule has 0 bridgehead atoms. The largest absolute Gasteiger partial charge is 0.411 e. The number of pyridine rings is 2. The van der Waals surface area contributed by atoms with Crippen LogP contribution in [0, 0.1) is 0 Å². The summed E-state index contributed by atoms with van der Waals surface area (Å²) in [5, 5.41) is 5.60. The van der Waals surface area contributed by atoms with Crippen LogP contribution in [0.1, 0.15) is 29.3 Å². The molecule has 50 heavy (non-hydrogen) atoms. The Hall–Kier alpha value is -4.00. The molecule has 2 N–H and O–H groups in total. The first-order chi connectivity index (χ1) is 23.6. The zero-order valence-corrected chi connectivity index (χ0v) is 29.7. The van der Waals surface area contributed by atoms with Gasteiger partial charge in [0.25, 0.3) is 5.91 Å². The lowest BCUT2D eigenvalue weighted by Gasteiger charge is -2.33. The number of alkyl halides is 3. The zero-order chi connectivity index (χ0) is 36.4. The van der Waals surface area contributed by atoms with E-state index in [0.717, 1.165) is 18.0 Å². The first kappa shape index (κ1) is 37.3. The third-order valence-electron chi connectivity index (χ3n) is 8.34. The molecular weight excluding hydrogens is 698 g/mol. The summed E-state index contributed by atoms with van der Waals surface area (Å²) in [7, 11) is 0.353. The molecule has 1 atom stereocenters. The molecule has 4 heterocycles. The normalized spacial score (nSPS) is 17.3. The number of rotatable bonds is 10. The Balaban J connectivity index is 1.60. The van der Waals surface area contributed by atoms with Crippen LogP contribution in [0.5, 0.6) is 0 Å². The van der Waals surface area contributed by atoms with E-state index in [1.807, 2.05) is 30.5 Å². The number of hydrogen-bond donors (Lipinski definition) is 2. The fourth-order valence-electron chi connectivity index (χ4n) is 5.62. The van der Waals surface area contributed by atoms with Crippen LogP contribution < -0.4 is 16.1 Å². The molecular formula is C32H39F3N8O5S2. The average Bonchev–Trinajstić information content (AvgIpc) is 3.58. The molecule has 1 fully saturated rings. The molecule has 2 aliphatic heterocycles. The van der Waals surface area contributed by atoms with Crippen LogP contribution in [0.25, 0.3) is 22.0 Å². The predicted molar refractivity (Wildman–Crippen MR) is 188 cm³/mol. The molecule has 2 aliphatic rings. The molecule has 13 nitrogen and oxygen atoms in total. The number of piperazine rings is 1. The molecule has 3 aromatic rings. The summed E-state index contributed by atoms with van der Waals surface area (Å²) in [4.78, 5) is 51.9. The maximum Gasteiger partial charge on any atom is 0.411 e. The van der Waals surface area contributed by atoms with Gasteiger partial charge in [0.15, 0.2) is 6.04 Å². The van der Waals surface area contributed by atoms with Gasteiger partial charge < -0.3 is 19.7 Å². The SMILES string of the molecule is CCCNC(=O)Nc1cc(C2=NC(C(F)(F)F)CS2)c(-c2ccc3c(c2)c(=O)c(C(=O)N2CCN(S(C)(=O)=O)CC2)cn3CCN(C)C)cn1. The van der Waals surface area contributed by atoms with E-state index in [9.17, 15) is 36.0 Å². The van der Waals surface area contributed by atoms with Crippen molar-refractivity contribution in [2.45, 2.75) is 32.1 Å². The Bertz CT molecular complexity index is 1980. The number of urea groups is 1. The first-order valence-corrected chi connectivity index (χ1v) is 18.8. The molecule has 2 aromatic heterocycles. The summed E-state index contributed by atoms with van der Waals surface area (Å²) in [6, 6.07) is 4.07. The quantitative estimate of drug-likeness (QED) is 0.322. The van der Waals surface area contributed by atoms with E-state index in [2.05, 4.69) is 20.6 Å². The Morgan fingerprint density at radius 2 is 1.82 bits per heavy atom. The number of aliphatic imine (C=N–C) groups is 1. The number of thioether (sulfide) groups is 1. The number of fused-ring (bicyclic) bond motifs is 1. The van der Waals surface area contributed by atoms with Crippen molar-refractivity contribution in [1.82, 2.24) is 29.0 Å². The second kappa shape index (κ2) is 15.1. The number of likely N-dealkylation sites (N-methyl/N-ethyl adjacent to an activating group) is 1. The summed E-state index contributed by atoms with van der Waals surface area (Å²) in [6.45, 7) is 3.77. The number of hydrogen-bond acceptors (Lipinski definition) is 9. The van der Waals surface area contributed by atoms with Gasteiger partial charge in [0, 0.05) is 80.5 Å². The van der Waals surface area contributed by atoms with Gasteiger partial charge in [-0.2, -0.15) is 17.5 Å². The van der Waals surface area contributed by atoms with Gasteiger partial charge in [0.05, 0.1) is 16.8 Å². The minimum Gasteiger partial charge on any atom is -0.345 e. The van der Waals surface area contributed by atoms with Gasteiger partial charge in [0.2, 0.25) is 15.5 Å². The Labute approximate surface area is 292 Å². The van der Waals surface area contributed by atoms with Crippen LogP contribution in [-0.4, -0.2) is 127 Å². The van der Waals surface area contributed by atoms with Crippen LogP contribution >= 0.6 is 11.8 Å². The van der Waals surface area contributed by atoms with Crippen molar-refractivity contribution in [3.8, 4) is 11.1 Å². The molecule has 0 saturated carbocycles. The van der Waals surface area contributed by atoms with Gasteiger partial charge in [-0.3, -0.25) is 19.9 Å². The topological polar surface area (TPSA) is 149 Å². The third kappa shape index (κ3) is 8.47. The van der Waals surface area contributed by atoms with Crippen LogP contribution in [0.2, 0.25) is 0 Å². The minimum absolute atomic E-state index is 0.0825. The number of nitrogens with zero attached hydrogens (tertiary/aromatic N) is 6. The molecule has 1 saturated heterocycles. The van der Waals surface area contributed by atoms with Gasteiger partial charge in [-0.05, 0) is 44.3 Å². The van der Waals surface area contributed by atoms with Crippen LogP contribution in [-0.2, 0) is 16.6 Å². The highest BCUT2D eigenvalue weighted by molar-refractivity contribution is 8.14. The van der Waals surface area contributed by atoms with Crippen LogP contribution in [0.4, 0.5) is 23.8 Å². The van der Waals surface area contributed by atoms with Crippen molar-refractivity contribution in [3.63, 3.8) is 0 Å². The number of carbonyl (C=O) groups excluding carboxylic acids is 2. The maximum atomic E-state index is 14.1. The lowest BCUT2D eigenvalue weighted by molar-refractivity contribution is -0.141. The summed E-state index contributed by atoms with van der Waals surface area (Å²) in [6.07, 6.45) is 0.207. The zero-order valence-electron chi connectivity index (χ0n) is 28.1. The number of benzene rings is 1. The van der Waals surface area contributed by atoms with E-state index < -0.39 is 39.6 Å². The highest BCUT2D eigenvalue weighted by atomic mass is 32.2. The second-order valence-corrected chi connectivity index (χ2v) is 15.3. The van der Waals surface area contributed by atoms with E-state index in [4.69, 9.17) is 0 Å². The molecule has 0 radical (unpaired) electrons. The average molecular weight is 737 g/mol. The third-order valence-corrected chi connectivity index (χ3v) is 10.7. The highest BCUT2D eigenvalue weighted by Gasteiger charge is 2.43. The molecule has 3 amide bonds. The number of sulfonamides is 1. The lowest BCUT2D eigenvalue weighted by Crippen LogP contribution is -2.51. The van der Waals surface area contributed by atoms with Crippen molar-refractivity contribution in [2.24, 2.45) is 4.99 Å². The number of carbonyl (C=O) groups is 2. The Kier molecular flexibility index (Phi) is 11.2. The van der Waals surface area contributed by atoms with Crippen LogP contribution in [0.3, 0.4) is 0 Å². The lowest BCUT2D eigenvalue weighted by atomic mass is 9.99. The Morgan fingerprint density at radius 1 is 1.10 bits per heavy atom. The number of aromatic nitrogens is 2. The number of amides is 3. The summed E-state index contributed by atoms with van der Waals surface area (Å²) < 4.78 is 68.0. The van der Waals surface area contributed by atoms with Gasteiger partial charge in [-0.15, -0.1) is 11.8 Å². The second-order valence-electron chi connectivity index (χ2n) is 12.4.